The van der Waals surface area contributed by atoms with Crippen LogP contribution in [-0.2, 0) is 4.79 Å². The van der Waals surface area contributed by atoms with Crippen molar-refractivity contribution >= 4 is 11.6 Å². The Morgan fingerprint density at radius 3 is 1.89 bits per heavy atom. The maximum atomic E-state index is 12.2. The van der Waals surface area contributed by atoms with E-state index in [1.165, 1.54) is 11.1 Å². The summed E-state index contributed by atoms with van der Waals surface area (Å²) in [5.41, 5.74) is 3.48. The van der Waals surface area contributed by atoms with Gasteiger partial charge >= 0.3 is 0 Å². The molecular weight excluding hydrogens is 234 g/mol. The first-order chi connectivity index (χ1) is 8.88. The first-order valence-electron chi connectivity index (χ1n) is 7.32. The molecule has 0 fully saturated rings. The smallest absolute Gasteiger partial charge is 0.227 e. The largest absolute Gasteiger partial charge is 0.325 e. The molecule has 0 aromatic heterocycles. The van der Waals surface area contributed by atoms with E-state index in [1.807, 2.05) is 13.8 Å². The first kappa shape index (κ1) is 15.7. The zero-order valence-electron chi connectivity index (χ0n) is 13.1. The van der Waals surface area contributed by atoms with Crippen molar-refractivity contribution in [2.45, 2.75) is 59.8 Å². The Morgan fingerprint density at radius 2 is 1.53 bits per heavy atom. The fourth-order valence-corrected chi connectivity index (χ4v) is 2.13. The van der Waals surface area contributed by atoms with Gasteiger partial charge in [0.15, 0.2) is 0 Å². The van der Waals surface area contributed by atoms with Crippen LogP contribution < -0.4 is 5.32 Å². The normalized spacial score (nSPS) is 12.8. The average molecular weight is 261 g/mol. The Bertz CT molecular complexity index is 409. The van der Waals surface area contributed by atoms with Gasteiger partial charge in [0.05, 0.1) is 0 Å². The molecule has 0 aliphatic carbocycles. The molecule has 1 amide bonds. The highest BCUT2D eigenvalue weighted by Crippen LogP contribution is 2.32. The van der Waals surface area contributed by atoms with Crippen LogP contribution in [0.5, 0.6) is 0 Å². The summed E-state index contributed by atoms with van der Waals surface area (Å²) in [7, 11) is 0. The molecule has 0 unspecified atom stereocenters. The van der Waals surface area contributed by atoms with E-state index in [1.54, 1.807) is 0 Å². The monoisotopic (exact) mass is 261 g/mol. The minimum atomic E-state index is 0.0558. The van der Waals surface area contributed by atoms with E-state index in [0.717, 1.165) is 12.1 Å². The van der Waals surface area contributed by atoms with Gasteiger partial charge in [0.1, 0.15) is 0 Å². The highest BCUT2D eigenvalue weighted by molar-refractivity contribution is 5.94. The maximum absolute atomic E-state index is 12.2. The van der Waals surface area contributed by atoms with Gasteiger partial charge in [-0.1, -0.05) is 59.7 Å². The molecular formula is C17H27NO. The molecule has 0 spiro atoms. The Hall–Kier alpha value is -1.31. The van der Waals surface area contributed by atoms with Gasteiger partial charge in [-0.05, 0) is 29.4 Å². The fourth-order valence-electron chi connectivity index (χ4n) is 2.13. The van der Waals surface area contributed by atoms with E-state index in [2.05, 4.69) is 51.2 Å². The predicted octanol–water partition coefficient (Wildman–Crippen LogP) is 4.92. The molecule has 1 aromatic rings. The summed E-state index contributed by atoms with van der Waals surface area (Å²) in [5.74, 6) is 0.995. The maximum Gasteiger partial charge on any atom is 0.227 e. The number of nitrogens with one attached hydrogen (secondary N) is 1. The quantitative estimate of drug-likeness (QED) is 0.801. The lowest BCUT2D eigenvalue weighted by Gasteiger charge is -2.21. The molecule has 0 aliphatic rings. The van der Waals surface area contributed by atoms with Crippen molar-refractivity contribution in [1.82, 2.24) is 0 Å². The van der Waals surface area contributed by atoms with Gasteiger partial charge in [-0.2, -0.15) is 0 Å². The molecule has 106 valence electrons. The van der Waals surface area contributed by atoms with Crippen LogP contribution in [0.1, 0.15) is 70.9 Å². The third-order valence-corrected chi connectivity index (χ3v) is 3.68. The van der Waals surface area contributed by atoms with Crippen molar-refractivity contribution in [2.75, 3.05) is 5.32 Å². The Labute approximate surface area is 117 Å². The van der Waals surface area contributed by atoms with Gasteiger partial charge in [-0.3, -0.25) is 4.79 Å². The molecule has 19 heavy (non-hydrogen) atoms. The molecule has 0 radical (unpaired) electrons. The Balaban J connectivity index is 3.18. The van der Waals surface area contributed by atoms with Gasteiger partial charge in [-0.25, -0.2) is 0 Å². The van der Waals surface area contributed by atoms with Crippen LogP contribution in [0.4, 0.5) is 5.69 Å². The van der Waals surface area contributed by atoms with Crippen molar-refractivity contribution in [3.63, 3.8) is 0 Å². The third-order valence-electron chi connectivity index (χ3n) is 3.68. The molecule has 0 saturated heterocycles. The number of hydrogen-bond donors (Lipinski definition) is 1. The lowest BCUT2D eigenvalue weighted by molar-refractivity contribution is -0.119. The van der Waals surface area contributed by atoms with E-state index in [-0.39, 0.29) is 11.8 Å². The van der Waals surface area contributed by atoms with Gasteiger partial charge in [-0.15, -0.1) is 0 Å². The summed E-state index contributed by atoms with van der Waals surface area (Å²) in [4.78, 5) is 12.2. The number of para-hydroxylation sites is 1. The second kappa shape index (κ2) is 6.74. The van der Waals surface area contributed by atoms with Gasteiger partial charge in [0.25, 0.3) is 0 Å². The molecule has 0 heterocycles. The summed E-state index contributed by atoms with van der Waals surface area (Å²) >= 11 is 0. The van der Waals surface area contributed by atoms with Crippen LogP contribution in [0, 0.1) is 5.92 Å². The lowest BCUT2D eigenvalue weighted by atomic mass is 9.92. The molecule has 0 saturated carbocycles. The topological polar surface area (TPSA) is 29.1 Å². The fraction of sp³-hybridized carbons (Fsp3) is 0.588. The minimum Gasteiger partial charge on any atom is -0.325 e. The van der Waals surface area contributed by atoms with Crippen LogP contribution in [0.15, 0.2) is 18.2 Å². The molecule has 1 aromatic carbocycles. The van der Waals surface area contributed by atoms with Crippen LogP contribution >= 0.6 is 0 Å². The molecule has 2 heteroatoms. The van der Waals surface area contributed by atoms with Crippen molar-refractivity contribution in [2.24, 2.45) is 5.92 Å². The molecule has 1 atom stereocenters. The summed E-state index contributed by atoms with van der Waals surface area (Å²) in [6, 6.07) is 6.31. The molecule has 1 N–H and O–H groups in total. The number of carbonyl (C=O) groups is 1. The van der Waals surface area contributed by atoms with E-state index < -0.39 is 0 Å². The summed E-state index contributed by atoms with van der Waals surface area (Å²) in [6.45, 7) is 12.7. The second-order valence-electron chi connectivity index (χ2n) is 5.92. The van der Waals surface area contributed by atoms with Crippen molar-refractivity contribution in [3.8, 4) is 0 Å². The second-order valence-corrected chi connectivity index (χ2v) is 5.92. The number of hydrogen-bond acceptors (Lipinski definition) is 1. The van der Waals surface area contributed by atoms with Crippen LogP contribution in [0.2, 0.25) is 0 Å². The standard InChI is InChI=1S/C17H27NO/c1-7-13(6)17(19)18-16-14(11(2)3)9-8-10-15(16)12(4)5/h8-13H,7H2,1-6H3,(H,18,19)/t13-/m0/s1. The van der Waals surface area contributed by atoms with Gasteiger partial charge < -0.3 is 5.32 Å². The molecule has 0 aliphatic heterocycles. The van der Waals surface area contributed by atoms with Gasteiger partial charge in [0, 0.05) is 11.6 Å². The highest BCUT2D eigenvalue weighted by Gasteiger charge is 2.18. The predicted molar refractivity (Wildman–Crippen MR) is 82.7 cm³/mol. The Kier molecular flexibility index (Phi) is 5.59. The van der Waals surface area contributed by atoms with E-state index >= 15 is 0 Å². The number of amides is 1. The molecule has 2 nitrogen and oxygen atoms in total. The van der Waals surface area contributed by atoms with E-state index in [9.17, 15) is 4.79 Å². The van der Waals surface area contributed by atoms with Crippen LogP contribution in [0.25, 0.3) is 0 Å². The number of carbonyl (C=O) groups excluding carboxylic acids is 1. The number of anilines is 1. The molecule has 0 bridgehead atoms. The van der Waals surface area contributed by atoms with Crippen molar-refractivity contribution in [3.05, 3.63) is 29.3 Å². The van der Waals surface area contributed by atoms with Crippen molar-refractivity contribution in [1.29, 1.82) is 0 Å². The summed E-state index contributed by atoms with van der Waals surface area (Å²) in [5, 5.41) is 3.15. The highest BCUT2D eigenvalue weighted by atomic mass is 16.1. The van der Waals surface area contributed by atoms with Crippen LogP contribution in [-0.4, -0.2) is 5.91 Å². The SMILES string of the molecule is CC[C@H](C)C(=O)Nc1c(C(C)C)cccc1C(C)C. The zero-order chi connectivity index (χ0) is 14.6. The Morgan fingerprint density at radius 1 is 1.05 bits per heavy atom. The van der Waals surface area contributed by atoms with E-state index in [4.69, 9.17) is 0 Å². The number of benzene rings is 1. The lowest BCUT2D eigenvalue weighted by Crippen LogP contribution is -2.22. The zero-order valence-corrected chi connectivity index (χ0v) is 13.1. The van der Waals surface area contributed by atoms with Crippen LogP contribution in [0.3, 0.4) is 0 Å². The number of rotatable bonds is 5. The summed E-state index contributed by atoms with van der Waals surface area (Å²) in [6.07, 6.45) is 0.868. The third kappa shape index (κ3) is 3.82. The van der Waals surface area contributed by atoms with Crippen molar-refractivity contribution < 1.29 is 4.79 Å². The van der Waals surface area contributed by atoms with Gasteiger partial charge in [0.2, 0.25) is 5.91 Å². The average Bonchev–Trinajstić information content (AvgIpc) is 2.37. The minimum absolute atomic E-state index is 0.0558. The van der Waals surface area contributed by atoms with E-state index in [0.29, 0.717) is 11.8 Å². The molecule has 1 rings (SSSR count). The summed E-state index contributed by atoms with van der Waals surface area (Å²) < 4.78 is 0. The first-order valence-corrected chi connectivity index (χ1v) is 7.32.